The van der Waals surface area contributed by atoms with Crippen molar-refractivity contribution in [1.82, 2.24) is 0 Å². The molecule has 18 heavy (non-hydrogen) atoms. The minimum atomic E-state index is -1.25. The molecule has 1 aromatic carbocycles. The molecule has 0 radical (unpaired) electrons. The van der Waals surface area contributed by atoms with Crippen LogP contribution in [-0.2, 0) is 0 Å². The van der Waals surface area contributed by atoms with Crippen LogP contribution >= 0.6 is 0 Å². The minimum absolute atomic E-state index is 0.0875. The number of hydrogen-bond acceptors (Lipinski definition) is 6. The molecule has 7 nitrogen and oxygen atoms in total. The van der Waals surface area contributed by atoms with E-state index in [0.717, 1.165) is 0 Å². The molecule has 86 valence electrons. The normalized spacial score (nSPS) is 8.28. The maximum atomic E-state index is 10.9. The third-order valence-electron chi connectivity index (χ3n) is 1.88. The zero-order valence-electron chi connectivity index (χ0n) is 8.88. The average Bonchev–Trinajstić information content (AvgIpc) is 2.39. The van der Waals surface area contributed by atoms with Crippen molar-refractivity contribution in [2.75, 3.05) is 5.43 Å². The molecule has 0 saturated heterocycles. The number of carbonyl (C=O) groups is 1. The first-order valence-electron chi connectivity index (χ1n) is 4.53. The third kappa shape index (κ3) is 2.82. The summed E-state index contributed by atoms with van der Waals surface area (Å²) < 4.78 is 0. The van der Waals surface area contributed by atoms with Crippen LogP contribution < -0.4 is 5.43 Å². The molecule has 1 rings (SSSR count). The molecule has 0 bridgehead atoms. The van der Waals surface area contributed by atoms with Gasteiger partial charge in [-0.2, -0.15) is 20.9 Å². The smallest absolute Gasteiger partial charge is 0.337 e. The molecule has 0 aliphatic rings. The molecule has 0 aliphatic carbocycles. The number of carboxylic acids is 1. The highest BCUT2D eigenvalue weighted by molar-refractivity contribution is 6.10. The summed E-state index contributed by atoms with van der Waals surface area (Å²) in [4.78, 5) is 10.9. The van der Waals surface area contributed by atoms with Gasteiger partial charge in [0.25, 0.3) is 0 Å². The van der Waals surface area contributed by atoms with Crippen molar-refractivity contribution in [2.45, 2.75) is 0 Å². The fourth-order valence-corrected chi connectivity index (χ4v) is 1.08. The molecule has 0 heterocycles. The molecule has 0 spiro atoms. The van der Waals surface area contributed by atoms with Crippen molar-refractivity contribution < 1.29 is 9.90 Å². The summed E-state index contributed by atoms with van der Waals surface area (Å²) in [5, 5.41) is 37.9. The lowest BCUT2D eigenvalue weighted by Gasteiger charge is -2.04. The molecule has 0 aliphatic heterocycles. The Labute approximate surface area is 102 Å². The molecule has 0 atom stereocenters. The highest BCUT2D eigenvalue weighted by atomic mass is 16.4. The summed E-state index contributed by atoms with van der Waals surface area (Å²) in [5.41, 5.74) is 1.96. The lowest BCUT2D eigenvalue weighted by atomic mass is 10.1. The van der Waals surface area contributed by atoms with E-state index in [1.807, 2.05) is 0 Å². The van der Waals surface area contributed by atoms with E-state index in [0.29, 0.717) is 0 Å². The van der Waals surface area contributed by atoms with E-state index in [9.17, 15) is 4.79 Å². The van der Waals surface area contributed by atoms with E-state index in [2.05, 4.69) is 10.5 Å². The Bertz CT molecular complexity index is 627. The first-order valence-corrected chi connectivity index (χ1v) is 4.53. The molecule has 0 unspecified atom stereocenters. The molecule has 1 aromatic rings. The predicted molar refractivity (Wildman–Crippen MR) is 60.4 cm³/mol. The van der Waals surface area contributed by atoms with Crippen LogP contribution in [0.2, 0.25) is 0 Å². The van der Waals surface area contributed by atoms with Gasteiger partial charge in [0, 0.05) is 0 Å². The van der Waals surface area contributed by atoms with Gasteiger partial charge in [0.1, 0.15) is 12.1 Å². The zero-order valence-corrected chi connectivity index (χ0v) is 8.88. The second-order valence-electron chi connectivity index (χ2n) is 2.97. The number of rotatable bonds is 3. The predicted octanol–water partition coefficient (Wildman–Crippen LogP) is 1.07. The Hall–Kier alpha value is -3.37. The van der Waals surface area contributed by atoms with E-state index in [1.54, 1.807) is 6.07 Å². The quantitative estimate of drug-likeness (QED) is 0.598. The summed E-state index contributed by atoms with van der Waals surface area (Å²) in [5.74, 6) is -1.25. The van der Waals surface area contributed by atoms with E-state index < -0.39 is 11.7 Å². The number of nitrogens with one attached hydrogen (secondary N) is 1. The summed E-state index contributed by atoms with van der Waals surface area (Å²) in [7, 11) is 0. The Morgan fingerprint density at radius 3 is 2.44 bits per heavy atom. The van der Waals surface area contributed by atoms with Gasteiger partial charge in [0.15, 0.2) is 0 Å². The minimum Gasteiger partial charge on any atom is -0.478 e. The highest BCUT2D eigenvalue weighted by Crippen LogP contribution is 2.17. The largest absolute Gasteiger partial charge is 0.478 e. The summed E-state index contributed by atoms with van der Waals surface area (Å²) in [6.45, 7) is 0. The maximum absolute atomic E-state index is 10.9. The number of anilines is 1. The summed E-state index contributed by atoms with van der Waals surface area (Å²) in [6, 6.07) is 8.73. The van der Waals surface area contributed by atoms with Crippen LogP contribution in [0.25, 0.3) is 0 Å². The van der Waals surface area contributed by atoms with Crippen LogP contribution in [0.5, 0.6) is 0 Å². The Morgan fingerprint density at radius 1 is 1.28 bits per heavy atom. The van der Waals surface area contributed by atoms with E-state index in [4.69, 9.17) is 20.9 Å². The number of carboxylic acid groups (broad SMARTS) is 1. The van der Waals surface area contributed by atoms with Gasteiger partial charge in [0.05, 0.1) is 22.9 Å². The van der Waals surface area contributed by atoms with E-state index >= 15 is 0 Å². The zero-order chi connectivity index (χ0) is 13.5. The van der Waals surface area contributed by atoms with E-state index in [1.165, 1.54) is 30.3 Å². The van der Waals surface area contributed by atoms with Crippen molar-refractivity contribution in [3.63, 3.8) is 0 Å². The molecule has 7 heteroatoms. The second-order valence-corrected chi connectivity index (χ2v) is 2.97. The lowest BCUT2D eigenvalue weighted by molar-refractivity contribution is 0.0698. The number of nitriles is 3. The monoisotopic (exact) mass is 239 g/mol. The summed E-state index contributed by atoms with van der Waals surface area (Å²) in [6.07, 6.45) is 0. The lowest BCUT2D eigenvalue weighted by Crippen LogP contribution is -2.04. The van der Waals surface area contributed by atoms with E-state index in [-0.39, 0.29) is 16.8 Å². The molecular weight excluding hydrogens is 234 g/mol. The van der Waals surface area contributed by atoms with Gasteiger partial charge in [0.2, 0.25) is 5.71 Å². The summed E-state index contributed by atoms with van der Waals surface area (Å²) >= 11 is 0. The van der Waals surface area contributed by atoms with Crippen molar-refractivity contribution >= 4 is 17.4 Å². The molecular formula is C11H5N5O2. The topological polar surface area (TPSA) is 133 Å². The van der Waals surface area contributed by atoms with Gasteiger partial charge in [-0.1, -0.05) is 0 Å². The molecule has 0 amide bonds. The van der Waals surface area contributed by atoms with Crippen LogP contribution in [0.15, 0.2) is 23.3 Å². The third-order valence-corrected chi connectivity index (χ3v) is 1.88. The Kier molecular flexibility index (Phi) is 3.98. The maximum Gasteiger partial charge on any atom is 0.337 e. The van der Waals surface area contributed by atoms with Crippen molar-refractivity contribution in [3.05, 3.63) is 29.3 Å². The van der Waals surface area contributed by atoms with Crippen molar-refractivity contribution in [2.24, 2.45) is 5.10 Å². The second kappa shape index (κ2) is 5.64. The number of hydrogen-bond donors (Lipinski definition) is 2. The van der Waals surface area contributed by atoms with Crippen molar-refractivity contribution in [1.29, 1.82) is 15.8 Å². The van der Waals surface area contributed by atoms with Gasteiger partial charge in [-0.15, -0.1) is 0 Å². The molecule has 2 N–H and O–H groups in total. The van der Waals surface area contributed by atoms with Crippen LogP contribution in [0.4, 0.5) is 5.69 Å². The number of aromatic carboxylic acids is 1. The highest BCUT2D eigenvalue weighted by Gasteiger charge is 2.11. The van der Waals surface area contributed by atoms with Gasteiger partial charge in [-0.3, -0.25) is 5.43 Å². The fourth-order valence-electron chi connectivity index (χ4n) is 1.08. The first-order chi connectivity index (χ1) is 8.62. The SMILES string of the molecule is N#CC(C#N)=NNc1ccc(C#N)cc1C(=O)O. The Balaban J connectivity index is 3.16. The molecule has 0 saturated carbocycles. The number of hydrazone groups is 1. The van der Waals surface area contributed by atoms with Crippen LogP contribution in [-0.4, -0.2) is 16.8 Å². The Morgan fingerprint density at radius 2 is 1.94 bits per heavy atom. The van der Waals surface area contributed by atoms with Crippen LogP contribution in [0, 0.1) is 34.0 Å². The average molecular weight is 239 g/mol. The van der Waals surface area contributed by atoms with Gasteiger partial charge < -0.3 is 5.11 Å². The van der Waals surface area contributed by atoms with Crippen LogP contribution in [0.1, 0.15) is 15.9 Å². The van der Waals surface area contributed by atoms with Crippen molar-refractivity contribution in [3.8, 4) is 18.2 Å². The fraction of sp³-hybridized carbons (Fsp3) is 0. The molecule has 0 fully saturated rings. The van der Waals surface area contributed by atoms with Crippen LogP contribution in [0.3, 0.4) is 0 Å². The standard InChI is InChI=1S/C11H5N5O2/c12-4-7-1-2-10(9(3-7)11(17)18)16-15-8(5-13)6-14/h1-3,16H,(H,17,18). The van der Waals surface area contributed by atoms with Gasteiger partial charge in [-0.25, -0.2) is 4.79 Å². The van der Waals surface area contributed by atoms with Gasteiger partial charge in [-0.05, 0) is 18.2 Å². The molecule has 0 aromatic heterocycles. The first kappa shape index (κ1) is 12.7. The van der Waals surface area contributed by atoms with Gasteiger partial charge >= 0.3 is 5.97 Å². The number of benzene rings is 1. The number of nitrogens with zero attached hydrogens (tertiary/aromatic N) is 4.